The van der Waals surface area contributed by atoms with Gasteiger partial charge in [-0.3, -0.25) is 4.79 Å². The van der Waals surface area contributed by atoms with Crippen LogP contribution < -0.4 is 5.32 Å². The number of nitrogens with zero attached hydrogens (tertiary/aromatic N) is 3. The number of hydrogen-bond acceptors (Lipinski definition) is 4. The minimum absolute atomic E-state index is 0.257. The van der Waals surface area contributed by atoms with Crippen LogP contribution in [-0.4, -0.2) is 33.4 Å². The Balaban J connectivity index is 2.13. The fourth-order valence-electron chi connectivity index (χ4n) is 1.78. The Bertz CT molecular complexity index is 643. The van der Waals surface area contributed by atoms with E-state index in [1.165, 1.54) is 6.33 Å². The summed E-state index contributed by atoms with van der Waals surface area (Å²) in [6, 6.07) is 5.14. The van der Waals surface area contributed by atoms with Crippen molar-refractivity contribution in [3.05, 3.63) is 48.5 Å². The van der Waals surface area contributed by atoms with Crippen molar-refractivity contribution in [2.75, 3.05) is 11.9 Å². The summed E-state index contributed by atoms with van der Waals surface area (Å²) < 4.78 is 6.98. The zero-order chi connectivity index (χ0) is 15.9. The minimum Gasteiger partial charge on any atom is -0.368 e. The molecule has 0 saturated heterocycles. The summed E-state index contributed by atoms with van der Waals surface area (Å²) in [7, 11) is 0. The van der Waals surface area contributed by atoms with Crippen LogP contribution in [0.25, 0.3) is 5.69 Å². The molecule has 0 aliphatic heterocycles. The molecule has 22 heavy (non-hydrogen) atoms. The maximum absolute atomic E-state index is 12.2. The lowest BCUT2D eigenvalue weighted by atomic mass is 10.2. The highest BCUT2D eigenvalue weighted by Crippen LogP contribution is 2.24. The molecule has 1 aromatic carbocycles. The number of carbonyl (C=O) groups excluding carboxylic acids is 1. The Morgan fingerprint density at radius 2 is 2.41 bits per heavy atom. The van der Waals surface area contributed by atoms with Gasteiger partial charge in [0.15, 0.2) is 0 Å². The number of hydrogen-bond donors (Lipinski definition) is 1. The molecule has 1 heterocycles. The molecule has 1 atom stereocenters. The van der Waals surface area contributed by atoms with Crippen LogP contribution in [0.4, 0.5) is 5.69 Å². The van der Waals surface area contributed by atoms with Crippen molar-refractivity contribution < 1.29 is 9.53 Å². The highest BCUT2D eigenvalue weighted by atomic mass is 35.5. The summed E-state index contributed by atoms with van der Waals surface area (Å²) in [5.74, 6) is -0.257. The average molecular weight is 321 g/mol. The van der Waals surface area contributed by atoms with E-state index in [-0.39, 0.29) is 5.91 Å². The lowest BCUT2D eigenvalue weighted by Crippen LogP contribution is -2.28. The van der Waals surface area contributed by atoms with Gasteiger partial charge >= 0.3 is 0 Å². The van der Waals surface area contributed by atoms with Gasteiger partial charge in [0.25, 0.3) is 5.91 Å². The molecule has 0 aliphatic rings. The van der Waals surface area contributed by atoms with E-state index < -0.39 is 6.10 Å². The molecule has 1 N–H and O–H groups in total. The summed E-state index contributed by atoms with van der Waals surface area (Å²) in [5, 5.41) is 7.38. The van der Waals surface area contributed by atoms with Crippen LogP contribution in [0.1, 0.15) is 13.3 Å². The molecular weight excluding hydrogens is 304 g/mol. The number of nitrogens with one attached hydrogen (secondary N) is 1. The second kappa shape index (κ2) is 7.72. The van der Waals surface area contributed by atoms with Gasteiger partial charge in [-0.15, -0.1) is 6.58 Å². The van der Waals surface area contributed by atoms with Crippen LogP contribution in [0.3, 0.4) is 0 Å². The summed E-state index contributed by atoms with van der Waals surface area (Å²) >= 11 is 6.00. The van der Waals surface area contributed by atoms with E-state index in [4.69, 9.17) is 16.3 Å². The molecule has 0 aliphatic carbocycles. The van der Waals surface area contributed by atoms with Crippen molar-refractivity contribution in [2.45, 2.75) is 19.4 Å². The van der Waals surface area contributed by atoms with Crippen LogP contribution in [0.2, 0.25) is 5.02 Å². The van der Waals surface area contributed by atoms with Crippen LogP contribution in [0, 0.1) is 0 Å². The third kappa shape index (κ3) is 4.16. The molecule has 0 radical (unpaired) electrons. The highest BCUT2D eigenvalue weighted by Gasteiger charge is 2.16. The van der Waals surface area contributed by atoms with E-state index in [2.05, 4.69) is 22.0 Å². The van der Waals surface area contributed by atoms with Crippen LogP contribution in [-0.2, 0) is 9.53 Å². The van der Waals surface area contributed by atoms with E-state index in [1.54, 1.807) is 42.2 Å². The summed E-state index contributed by atoms with van der Waals surface area (Å²) in [6.45, 7) is 5.75. The molecule has 2 aromatic rings. The molecule has 1 amide bonds. The van der Waals surface area contributed by atoms with E-state index in [1.807, 2.05) is 0 Å². The summed E-state index contributed by atoms with van der Waals surface area (Å²) in [6.07, 6.45) is 4.82. The van der Waals surface area contributed by atoms with Gasteiger partial charge in [-0.25, -0.2) is 9.67 Å². The molecule has 0 bridgehead atoms. The minimum atomic E-state index is -0.581. The van der Waals surface area contributed by atoms with Crippen molar-refractivity contribution in [1.82, 2.24) is 14.8 Å². The molecular formula is C15H17ClN4O2. The molecule has 1 aromatic heterocycles. The van der Waals surface area contributed by atoms with Crippen LogP contribution >= 0.6 is 11.6 Å². The summed E-state index contributed by atoms with van der Waals surface area (Å²) in [5.41, 5.74) is 1.22. The van der Waals surface area contributed by atoms with E-state index in [0.29, 0.717) is 29.4 Å². The molecule has 0 spiro atoms. The Morgan fingerprint density at radius 1 is 1.59 bits per heavy atom. The number of carbonyl (C=O) groups is 1. The number of halogens is 1. The zero-order valence-corrected chi connectivity index (χ0v) is 13.0. The summed E-state index contributed by atoms with van der Waals surface area (Å²) in [4.78, 5) is 16.1. The molecule has 1 unspecified atom stereocenters. The van der Waals surface area contributed by atoms with Crippen molar-refractivity contribution in [3.63, 3.8) is 0 Å². The molecule has 7 heteroatoms. The van der Waals surface area contributed by atoms with Gasteiger partial charge in [-0.2, -0.15) is 5.10 Å². The van der Waals surface area contributed by atoms with Gasteiger partial charge < -0.3 is 10.1 Å². The average Bonchev–Trinajstić information content (AvgIpc) is 3.01. The SMILES string of the molecule is C=CCCOC(C)C(=O)Nc1cc(Cl)ccc1-n1cncn1. The van der Waals surface area contributed by atoms with E-state index in [0.717, 1.165) is 0 Å². The Labute approximate surface area is 133 Å². The molecule has 6 nitrogen and oxygen atoms in total. The molecule has 2 rings (SSSR count). The van der Waals surface area contributed by atoms with Crippen molar-refractivity contribution >= 4 is 23.2 Å². The predicted molar refractivity (Wildman–Crippen MR) is 85.2 cm³/mol. The smallest absolute Gasteiger partial charge is 0.253 e. The number of rotatable bonds is 7. The number of benzene rings is 1. The predicted octanol–water partition coefficient (Wildman–Crippen LogP) is 2.84. The van der Waals surface area contributed by atoms with Crippen molar-refractivity contribution in [1.29, 1.82) is 0 Å². The van der Waals surface area contributed by atoms with E-state index >= 15 is 0 Å². The fourth-order valence-corrected chi connectivity index (χ4v) is 1.95. The van der Waals surface area contributed by atoms with Gasteiger partial charge in [0.1, 0.15) is 18.8 Å². The fraction of sp³-hybridized carbons (Fsp3) is 0.267. The highest BCUT2D eigenvalue weighted by molar-refractivity contribution is 6.31. The maximum Gasteiger partial charge on any atom is 0.253 e. The molecule has 116 valence electrons. The first-order valence-corrected chi connectivity index (χ1v) is 7.17. The lowest BCUT2D eigenvalue weighted by molar-refractivity contribution is -0.126. The quantitative estimate of drug-likeness (QED) is 0.629. The third-order valence-corrected chi connectivity index (χ3v) is 3.18. The van der Waals surface area contributed by atoms with Gasteiger partial charge in [0.2, 0.25) is 0 Å². The Hall–Kier alpha value is -2.18. The second-order valence-electron chi connectivity index (χ2n) is 4.58. The van der Waals surface area contributed by atoms with Crippen molar-refractivity contribution in [2.24, 2.45) is 0 Å². The number of anilines is 1. The standard InChI is InChI=1S/C15H17ClN4O2/c1-3-4-7-22-11(2)15(21)19-13-8-12(16)5-6-14(13)20-10-17-9-18-20/h3,5-6,8-11H,1,4,7H2,2H3,(H,19,21). The normalized spacial score (nSPS) is 11.9. The first-order chi connectivity index (χ1) is 10.6. The first-order valence-electron chi connectivity index (χ1n) is 6.79. The van der Waals surface area contributed by atoms with Gasteiger partial charge in [0, 0.05) is 5.02 Å². The maximum atomic E-state index is 12.2. The Morgan fingerprint density at radius 3 is 3.09 bits per heavy atom. The number of ether oxygens (including phenoxy) is 1. The van der Waals surface area contributed by atoms with E-state index in [9.17, 15) is 4.79 Å². The first kappa shape index (κ1) is 16.2. The van der Waals surface area contributed by atoms with Gasteiger partial charge in [0.05, 0.1) is 18.0 Å². The monoisotopic (exact) mass is 320 g/mol. The van der Waals surface area contributed by atoms with Gasteiger partial charge in [-0.05, 0) is 31.5 Å². The van der Waals surface area contributed by atoms with Gasteiger partial charge in [-0.1, -0.05) is 17.7 Å². The third-order valence-electron chi connectivity index (χ3n) is 2.94. The zero-order valence-electron chi connectivity index (χ0n) is 12.2. The van der Waals surface area contributed by atoms with Crippen LogP contribution in [0.5, 0.6) is 0 Å². The number of amides is 1. The topological polar surface area (TPSA) is 69.0 Å². The number of aromatic nitrogens is 3. The lowest BCUT2D eigenvalue weighted by Gasteiger charge is -2.15. The molecule has 0 saturated carbocycles. The van der Waals surface area contributed by atoms with Crippen molar-refractivity contribution in [3.8, 4) is 5.69 Å². The largest absolute Gasteiger partial charge is 0.368 e. The molecule has 0 fully saturated rings. The van der Waals surface area contributed by atoms with Crippen LogP contribution in [0.15, 0.2) is 43.5 Å². The second-order valence-corrected chi connectivity index (χ2v) is 5.02. The Kier molecular flexibility index (Phi) is 5.68.